The van der Waals surface area contributed by atoms with Crippen molar-refractivity contribution < 1.29 is 4.74 Å². The quantitative estimate of drug-likeness (QED) is 0.724. The summed E-state index contributed by atoms with van der Waals surface area (Å²) in [5, 5.41) is 3.25. The highest BCUT2D eigenvalue weighted by Gasteiger charge is 2.12. The first-order chi connectivity index (χ1) is 9.51. The molecule has 0 spiro atoms. The lowest BCUT2D eigenvalue weighted by Crippen LogP contribution is -2.13. The highest BCUT2D eigenvalue weighted by molar-refractivity contribution is 9.10. The zero-order valence-corrected chi connectivity index (χ0v) is 14.9. The average Bonchev–Trinajstić information content (AvgIpc) is 2.42. The summed E-state index contributed by atoms with van der Waals surface area (Å²) in [6, 6.07) is 12.3. The van der Waals surface area contributed by atoms with Crippen LogP contribution in [0.25, 0.3) is 0 Å². The standard InChI is InChI=1S/C16H17Br2NO/c1-10-8-12(17)4-6-15(10)20-16-7-5-13(18)9-14(16)11(2)19-3/h4-9,11,19H,1-3H3. The smallest absolute Gasteiger partial charge is 0.132 e. The Bertz CT molecular complexity index is 613. The Balaban J connectivity index is 2.37. The van der Waals surface area contributed by atoms with Gasteiger partial charge in [-0.15, -0.1) is 0 Å². The van der Waals surface area contributed by atoms with Crippen LogP contribution in [-0.4, -0.2) is 7.05 Å². The summed E-state index contributed by atoms with van der Waals surface area (Å²) in [6.45, 7) is 4.16. The predicted octanol–water partition coefficient (Wildman–Crippen LogP) is 5.59. The van der Waals surface area contributed by atoms with Gasteiger partial charge in [-0.25, -0.2) is 0 Å². The van der Waals surface area contributed by atoms with Gasteiger partial charge in [0, 0.05) is 20.6 Å². The van der Waals surface area contributed by atoms with Gasteiger partial charge in [0.1, 0.15) is 11.5 Å². The van der Waals surface area contributed by atoms with Crippen LogP contribution in [0.5, 0.6) is 11.5 Å². The number of hydrogen-bond acceptors (Lipinski definition) is 2. The van der Waals surface area contributed by atoms with Crippen molar-refractivity contribution >= 4 is 31.9 Å². The molecular weight excluding hydrogens is 382 g/mol. The Kier molecular flexibility index (Phi) is 5.24. The van der Waals surface area contributed by atoms with Crippen LogP contribution in [0.4, 0.5) is 0 Å². The molecule has 0 aromatic heterocycles. The lowest BCUT2D eigenvalue weighted by Gasteiger charge is -2.17. The van der Waals surface area contributed by atoms with Crippen molar-refractivity contribution in [1.82, 2.24) is 5.32 Å². The van der Waals surface area contributed by atoms with E-state index in [0.717, 1.165) is 31.6 Å². The molecule has 1 N–H and O–H groups in total. The molecule has 2 aromatic carbocycles. The molecule has 1 unspecified atom stereocenters. The van der Waals surface area contributed by atoms with Crippen LogP contribution in [0.1, 0.15) is 24.1 Å². The number of hydrogen-bond donors (Lipinski definition) is 1. The average molecular weight is 399 g/mol. The summed E-state index contributed by atoms with van der Waals surface area (Å²) >= 11 is 6.98. The molecule has 2 rings (SSSR count). The Hall–Kier alpha value is -0.840. The van der Waals surface area contributed by atoms with Crippen LogP contribution in [0, 0.1) is 6.92 Å². The van der Waals surface area contributed by atoms with Gasteiger partial charge in [0.2, 0.25) is 0 Å². The van der Waals surface area contributed by atoms with Crippen LogP contribution < -0.4 is 10.1 Å². The Labute approximate surface area is 136 Å². The topological polar surface area (TPSA) is 21.3 Å². The van der Waals surface area contributed by atoms with E-state index in [1.54, 1.807) is 0 Å². The second kappa shape index (κ2) is 6.74. The molecular formula is C16H17Br2NO. The van der Waals surface area contributed by atoms with E-state index >= 15 is 0 Å². The maximum Gasteiger partial charge on any atom is 0.132 e. The minimum Gasteiger partial charge on any atom is -0.457 e. The highest BCUT2D eigenvalue weighted by Crippen LogP contribution is 2.34. The Morgan fingerprint density at radius 1 is 1.00 bits per heavy atom. The molecule has 2 nitrogen and oxygen atoms in total. The molecule has 0 aliphatic heterocycles. The molecule has 0 saturated heterocycles. The minimum atomic E-state index is 0.221. The second-order valence-corrected chi connectivity index (χ2v) is 6.54. The van der Waals surface area contributed by atoms with Gasteiger partial charge in [-0.05, 0) is 62.9 Å². The maximum absolute atomic E-state index is 6.09. The van der Waals surface area contributed by atoms with E-state index in [2.05, 4.69) is 56.2 Å². The lowest BCUT2D eigenvalue weighted by atomic mass is 10.1. The van der Waals surface area contributed by atoms with Crippen LogP contribution in [-0.2, 0) is 0 Å². The van der Waals surface area contributed by atoms with Crippen LogP contribution >= 0.6 is 31.9 Å². The van der Waals surface area contributed by atoms with Gasteiger partial charge in [-0.3, -0.25) is 0 Å². The first-order valence-electron chi connectivity index (χ1n) is 6.42. The maximum atomic E-state index is 6.09. The van der Waals surface area contributed by atoms with Crippen molar-refractivity contribution in [2.24, 2.45) is 0 Å². The lowest BCUT2D eigenvalue weighted by molar-refractivity contribution is 0.463. The summed E-state index contributed by atoms with van der Waals surface area (Å²) in [5.74, 6) is 1.75. The number of halogens is 2. The van der Waals surface area contributed by atoms with Crippen molar-refractivity contribution in [2.45, 2.75) is 19.9 Å². The third kappa shape index (κ3) is 3.62. The molecule has 1 atom stereocenters. The normalized spacial score (nSPS) is 12.2. The predicted molar refractivity (Wildman–Crippen MR) is 90.6 cm³/mol. The summed E-state index contributed by atoms with van der Waals surface area (Å²) in [7, 11) is 1.94. The van der Waals surface area contributed by atoms with E-state index < -0.39 is 0 Å². The molecule has 20 heavy (non-hydrogen) atoms. The molecule has 0 saturated carbocycles. The SMILES string of the molecule is CNC(C)c1cc(Br)ccc1Oc1ccc(Br)cc1C. The largest absolute Gasteiger partial charge is 0.457 e. The summed E-state index contributed by atoms with van der Waals surface area (Å²) in [5.41, 5.74) is 2.23. The van der Waals surface area contributed by atoms with Crippen molar-refractivity contribution in [3.8, 4) is 11.5 Å². The number of nitrogens with one attached hydrogen (secondary N) is 1. The first-order valence-corrected chi connectivity index (χ1v) is 8.00. The monoisotopic (exact) mass is 397 g/mol. The molecule has 0 fully saturated rings. The third-order valence-electron chi connectivity index (χ3n) is 3.23. The highest BCUT2D eigenvalue weighted by atomic mass is 79.9. The molecule has 0 bridgehead atoms. The Morgan fingerprint density at radius 2 is 1.60 bits per heavy atom. The number of aryl methyl sites for hydroxylation is 1. The molecule has 0 amide bonds. The van der Waals surface area contributed by atoms with Gasteiger partial charge < -0.3 is 10.1 Å². The third-order valence-corrected chi connectivity index (χ3v) is 4.21. The van der Waals surface area contributed by atoms with Crippen molar-refractivity contribution in [3.05, 3.63) is 56.5 Å². The molecule has 0 aliphatic rings. The summed E-state index contributed by atoms with van der Waals surface area (Å²) in [6.07, 6.45) is 0. The van der Waals surface area contributed by atoms with Gasteiger partial charge in [0.05, 0.1) is 0 Å². The fourth-order valence-electron chi connectivity index (χ4n) is 1.95. The molecule has 0 heterocycles. The van der Waals surface area contributed by atoms with Crippen LogP contribution in [0.15, 0.2) is 45.3 Å². The minimum absolute atomic E-state index is 0.221. The van der Waals surface area contributed by atoms with Crippen molar-refractivity contribution in [3.63, 3.8) is 0 Å². The van der Waals surface area contributed by atoms with Gasteiger partial charge in [0.25, 0.3) is 0 Å². The number of rotatable bonds is 4. The summed E-state index contributed by atoms with van der Waals surface area (Å²) in [4.78, 5) is 0. The van der Waals surface area contributed by atoms with E-state index in [-0.39, 0.29) is 6.04 Å². The number of benzene rings is 2. The van der Waals surface area contributed by atoms with Gasteiger partial charge in [0.15, 0.2) is 0 Å². The van der Waals surface area contributed by atoms with Gasteiger partial charge in [-0.2, -0.15) is 0 Å². The molecule has 2 aromatic rings. The van der Waals surface area contributed by atoms with E-state index in [4.69, 9.17) is 4.74 Å². The molecule has 4 heteroatoms. The summed E-state index contributed by atoms with van der Waals surface area (Å²) < 4.78 is 8.20. The Morgan fingerprint density at radius 3 is 2.20 bits per heavy atom. The van der Waals surface area contributed by atoms with E-state index in [9.17, 15) is 0 Å². The molecule has 0 radical (unpaired) electrons. The fraction of sp³-hybridized carbons (Fsp3) is 0.250. The van der Waals surface area contributed by atoms with E-state index in [0.29, 0.717) is 0 Å². The van der Waals surface area contributed by atoms with Crippen LogP contribution in [0.2, 0.25) is 0 Å². The molecule has 106 valence electrons. The van der Waals surface area contributed by atoms with E-state index in [1.165, 1.54) is 0 Å². The zero-order chi connectivity index (χ0) is 14.7. The number of ether oxygens (including phenoxy) is 1. The fourth-order valence-corrected chi connectivity index (χ4v) is 2.81. The van der Waals surface area contributed by atoms with Crippen molar-refractivity contribution in [2.75, 3.05) is 7.05 Å². The van der Waals surface area contributed by atoms with E-state index in [1.807, 2.05) is 38.2 Å². The first kappa shape index (κ1) is 15.5. The second-order valence-electron chi connectivity index (χ2n) is 4.70. The zero-order valence-electron chi connectivity index (χ0n) is 11.7. The van der Waals surface area contributed by atoms with Gasteiger partial charge in [-0.1, -0.05) is 31.9 Å². The van der Waals surface area contributed by atoms with Crippen LogP contribution in [0.3, 0.4) is 0 Å². The van der Waals surface area contributed by atoms with Crippen molar-refractivity contribution in [1.29, 1.82) is 0 Å². The molecule has 0 aliphatic carbocycles. The van der Waals surface area contributed by atoms with Gasteiger partial charge >= 0.3 is 0 Å².